The van der Waals surface area contributed by atoms with Gasteiger partial charge in [-0.2, -0.15) is 0 Å². The average molecular weight is 259 g/mol. The Morgan fingerprint density at radius 1 is 1.38 bits per heavy atom. The summed E-state index contributed by atoms with van der Waals surface area (Å²) in [6, 6.07) is 3.61. The highest BCUT2D eigenvalue weighted by Gasteiger charge is 2.23. The second-order valence-corrected chi connectivity index (χ2v) is 5.15. The van der Waals surface area contributed by atoms with Crippen molar-refractivity contribution in [3.63, 3.8) is 0 Å². The Kier molecular flexibility index (Phi) is 3.50. The topological polar surface area (TPSA) is 29.3 Å². The zero-order valence-corrected chi connectivity index (χ0v) is 10.9. The van der Waals surface area contributed by atoms with Gasteiger partial charge in [0.2, 0.25) is 0 Å². The Morgan fingerprint density at radius 3 is 2.69 bits per heavy atom. The summed E-state index contributed by atoms with van der Waals surface area (Å²) in [4.78, 5) is 2.30. The van der Waals surface area contributed by atoms with Gasteiger partial charge in [0, 0.05) is 13.1 Å². The summed E-state index contributed by atoms with van der Waals surface area (Å²) in [5, 5.41) is 1.10. The molecule has 0 spiro atoms. The number of nitrogens with two attached hydrogens (primary N) is 1. The van der Waals surface area contributed by atoms with Crippen molar-refractivity contribution in [3.05, 3.63) is 22.2 Å². The molecule has 1 saturated heterocycles. The van der Waals surface area contributed by atoms with Crippen LogP contribution in [0.5, 0.6) is 0 Å². The van der Waals surface area contributed by atoms with Crippen molar-refractivity contribution in [3.8, 4) is 0 Å². The molecule has 1 aromatic carbocycles. The van der Waals surface area contributed by atoms with Crippen LogP contribution >= 0.6 is 23.2 Å². The molecule has 2 rings (SSSR count). The number of benzene rings is 1. The molecule has 1 aliphatic heterocycles. The molecule has 0 saturated carbocycles. The quantitative estimate of drug-likeness (QED) is 0.818. The van der Waals surface area contributed by atoms with E-state index in [9.17, 15) is 0 Å². The number of anilines is 2. The maximum absolute atomic E-state index is 6.02. The Balaban J connectivity index is 2.24. The molecule has 1 aliphatic rings. The van der Waals surface area contributed by atoms with Gasteiger partial charge in [0.1, 0.15) is 0 Å². The van der Waals surface area contributed by atoms with Crippen molar-refractivity contribution in [2.45, 2.75) is 19.8 Å². The SMILES string of the molecule is CCC1CCN(c2cc(Cl)c(Cl)cc2N)C1. The number of hydrogen-bond donors (Lipinski definition) is 1. The van der Waals surface area contributed by atoms with Crippen LogP contribution in [0.25, 0.3) is 0 Å². The molecular weight excluding hydrogens is 243 g/mol. The molecule has 4 heteroatoms. The third-order valence-corrected chi connectivity index (χ3v) is 4.00. The molecule has 1 aromatic rings. The van der Waals surface area contributed by atoms with E-state index < -0.39 is 0 Å². The van der Waals surface area contributed by atoms with Crippen molar-refractivity contribution in [2.24, 2.45) is 5.92 Å². The van der Waals surface area contributed by atoms with E-state index >= 15 is 0 Å². The Morgan fingerprint density at radius 2 is 2.06 bits per heavy atom. The van der Waals surface area contributed by atoms with Crippen LogP contribution in [0.2, 0.25) is 10.0 Å². The lowest BCUT2D eigenvalue weighted by molar-refractivity contribution is 0.569. The lowest BCUT2D eigenvalue weighted by atomic mass is 10.1. The molecule has 0 aromatic heterocycles. The molecular formula is C12H16Cl2N2. The number of halogens is 2. The van der Waals surface area contributed by atoms with E-state index in [1.807, 2.05) is 6.07 Å². The molecule has 2 nitrogen and oxygen atoms in total. The average Bonchev–Trinajstić information content (AvgIpc) is 2.71. The minimum atomic E-state index is 0.522. The largest absolute Gasteiger partial charge is 0.397 e. The molecule has 0 amide bonds. The van der Waals surface area contributed by atoms with E-state index in [1.54, 1.807) is 6.07 Å². The van der Waals surface area contributed by atoms with E-state index in [-0.39, 0.29) is 0 Å². The van der Waals surface area contributed by atoms with E-state index in [4.69, 9.17) is 28.9 Å². The van der Waals surface area contributed by atoms with Crippen LogP contribution < -0.4 is 10.6 Å². The predicted molar refractivity (Wildman–Crippen MR) is 71.5 cm³/mol. The number of nitrogen functional groups attached to an aromatic ring is 1. The first-order chi connectivity index (χ1) is 7.61. The number of nitrogens with zero attached hydrogens (tertiary/aromatic N) is 1. The fourth-order valence-corrected chi connectivity index (χ4v) is 2.54. The minimum Gasteiger partial charge on any atom is -0.397 e. The normalized spacial score (nSPS) is 20.4. The van der Waals surface area contributed by atoms with Crippen LogP contribution in [0.1, 0.15) is 19.8 Å². The van der Waals surface area contributed by atoms with Crippen molar-refractivity contribution >= 4 is 34.6 Å². The van der Waals surface area contributed by atoms with E-state index in [1.165, 1.54) is 12.8 Å². The molecule has 0 bridgehead atoms. The molecule has 16 heavy (non-hydrogen) atoms. The highest BCUT2D eigenvalue weighted by Crippen LogP contribution is 2.35. The van der Waals surface area contributed by atoms with Gasteiger partial charge in [-0.25, -0.2) is 0 Å². The fourth-order valence-electron chi connectivity index (χ4n) is 2.21. The summed E-state index contributed by atoms with van der Waals surface area (Å²) in [6.45, 7) is 4.35. The maximum Gasteiger partial charge on any atom is 0.0616 e. The zero-order valence-electron chi connectivity index (χ0n) is 9.34. The van der Waals surface area contributed by atoms with Crippen LogP contribution in [0.3, 0.4) is 0 Å². The summed E-state index contributed by atoms with van der Waals surface area (Å²) in [7, 11) is 0. The Labute approximate surface area is 106 Å². The predicted octanol–water partition coefficient (Wildman–Crippen LogP) is 3.81. The third-order valence-electron chi connectivity index (χ3n) is 3.27. The van der Waals surface area contributed by atoms with Crippen LogP contribution in [0.15, 0.2) is 12.1 Å². The highest BCUT2D eigenvalue weighted by molar-refractivity contribution is 6.42. The first kappa shape index (κ1) is 11.9. The molecule has 1 heterocycles. The molecule has 0 aliphatic carbocycles. The molecule has 0 radical (unpaired) electrons. The summed E-state index contributed by atoms with van der Waals surface area (Å²) < 4.78 is 0. The monoisotopic (exact) mass is 258 g/mol. The Hall–Kier alpha value is -0.600. The smallest absolute Gasteiger partial charge is 0.0616 e. The molecule has 1 atom stereocenters. The van der Waals surface area contributed by atoms with E-state index in [0.717, 1.165) is 24.7 Å². The maximum atomic E-state index is 6.02. The van der Waals surface area contributed by atoms with Gasteiger partial charge in [-0.15, -0.1) is 0 Å². The molecule has 1 fully saturated rings. The van der Waals surface area contributed by atoms with Crippen molar-refractivity contribution in [1.29, 1.82) is 0 Å². The van der Waals surface area contributed by atoms with E-state index in [2.05, 4.69) is 11.8 Å². The molecule has 88 valence electrons. The van der Waals surface area contributed by atoms with Crippen LogP contribution in [-0.4, -0.2) is 13.1 Å². The van der Waals surface area contributed by atoms with Crippen molar-refractivity contribution < 1.29 is 0 Å². The highest BCUT2D eigenvalue weighted by atomic mass is 35.5. The van der Waals surface area contributed by atoms with Gasteiger partial charge in [0.05, 0.1) is 21.4 Å². The number of rotatable bonds is 2. The lowest BCUT2D eigenvalue weighted by Gasteiger charge is -2.21. The van der Waals surface area contributed by atoms with Crippen molar-refractivity contribution in [1.82, 2.24) is 0 Å². The van der Waals surface area contributed by atoms with Crippen LogP contribution in [-0.2, 0) is 0 Å². The van der Waals surface area contributed by atoms with Gasteiger partial charge in [-0.1, -0.05) is 36.5 Å². The fraction of sp³-hybridized carbons (Fsp3) is 0.500. The first-order valence-electron chi connectivity index (χ1n) is 5.61. The standard InChI is InChI=1S/C12H16Cl2N2/c1-2-8-3-4-16(7-8)12-6-10(14)9(13)5-11(12)15/h5-6,8H,2-4,7,15H2,1H3. The van der Waals surface area contributed by atoms with E-state index in [0.29, 0.717) is 15.7 Å². The number of hydrogen-bond acceptors (Lipinski definition) is 2. The van der Waals surface area contributed by atoms with Gasteiger partial charge >= 0.3 is 0 Å². The van der Waals surface area contributed by atoms with Crippen LogP contribution in [0.4, 0.5) is 11.4 Å². The third kappa shape index (κ3) is 2.23. The summed E-state index contributed by atoms with van der Waals surface area (Å²) in [5.41, 5.74) is 7.71. The van der Waals surface area contributed by atoms with Gasteiger partial charge in [-0.3, -0.25) is 0 Å². The lowest BCUT2D eigenvalue weighted by Crippen LogP contribution is -2.20. The summed E-state index contributed by atoms with van der Waals surface area (Å²) in [5.74, 6) is 0.772. The minimum absolute atomic E-state index is 0.522. The van der Waals surface area contributed by atoms with Gasteiger partial charge in [0.25, 0.3) is 0 Å². The summed E-state index contributed by atoms with van der Waals surface area (Å²) in [6.07, 6.45) is 2.45. The second-order valence-electron chi connectivity index (χ2n) is 4.33. The molecule has 1 unspecified atom stereocenters. The summed E-state index contributed by atoms with van der Waals surface area (Å²) >= 11 is 11.9. The van der Waals surface area contributed by atoms with Crippen LogP contribution in [0, 0.1) is 5.92 Å². The Bertz CT molecular complexity index is 393. The van der Waals surface area contributed by atoms with Crippen molar-refractivity contribution in [2.75, 3.05) is 23.7 Å². The first-order valence-corrected chi connectivity index (χ1v) is 6.37. The second kappa shape index (κ2) is 4.72. The van der Waals surface area contributed by atoms with Gasteiger partial charge in [-0.05, 0) is 24.5 Å². The molecule has 2 N–H and O–H groups in total. The zero-order chi connectivity index (χ0) is 11.7. The van der Waals surface area contributed by atoms with Gasteiger partial charge < -0.3 is 10.6 Å². The van der Waals surface area contributed by atoms with Gasteiger partial charge in [0.15, 0.2) is 0 Å².